The highest BCUT2D eigenvalue weighted by Crippen LogP contribution is 2.42. The number of rotatable bonds is 5. The van der Waals surface area contributed by atoms with Gasteiger partial charge in [0.2, 0.25) is 0 Å². The van der Waals surface area contributed by atoms with E-state index in [0.717, 1.165) is 5.69 Å². The summed E-state index contributed by atoms with van der Waals surface area (Å²) in [7, 11) is 0. The molecular weight excluding hydrogens is 346 g/mol. The predicted octanol–water partition coefficient (Wildman–Crippen LogP) is 3.01. The number of nitrogens with zero attached hydrogens (tertiary/aromatic N) is 3. The van der Waals surface area contributed by atoms with Gasteiger partial charge in [-0.25, -0.2) is 14.6 Å². The van der Waals surface area contributed by atoms with Gasteiger partial charge in [-0.1, -0.05) is 12.1 Å². The fourth-order valence-electron chi connectivity index (χ4n) is 3.72. The minimum Gasteiger partial charge on any atom is -0.478 e. The minimum absolute atomic E-state index is 0.0928. The van der Waals surface area contributed by atoms with Crippen LogP contribution in [0, 0.1) is 0 Å². The molecular formula is C20H21N3O4. The van der Waals surface area contributed by atoms with Gasteiger partial charge in [-0.05, 0) is 38.5 Å². The zero-order chi connectivity index (χ0) is 19.7. The zero-order valence-corrected chi connectivity index (χ0v) is 15.4. The van der Waals surface area contributed by atoms with E-state index in [1.807, 2.05) is 23.6 Å². The van der Waals surface area contributed by atoms with Crippen LogP contribution in [0.25, 0.3) is 5.69 Å². The molecule has 1 aromatic carbocycles. The Bertz CT molecular complexity index is 902. The van der Waals surface area contributed by atoms with E-state index in [1.165, 1.54) is 0 Å². The first-order valence-electron chi connectivity index (χ1n) is 8.60. The minimum atomic E-state index is -1.11. The fourth-order valence-corrected chi connectivity index (χ4v) is 3.72. The third kappa shape index (κ3) is 3.12. The van der Waals surface area contributed by atoms with Gasteiger partial charge in [0.25, 0.3) is 0 Å². The molecule has 0 amide bonds. The lowest BCUT2D eigenvalue weighted by molar-refractivity contribution is -0.133. The first kappa shape index (κ1) is 18.4. The molecule has 0 unspecified atom stereocenters. The highest BCUT2D eigenvalue weighted by atomic mass is 16.4. The van der Waals surface area contributed by atoms with Crippen molar-refractivity contribution in [2.24, 2.45) is 0 Å². The largest absolute Gasteiger partial charge is 0.478 e. The summed E-state index contributed by atoms with van der Waals surface area (Å²) in [6.07, 6.45) is 5.13. The second-order valence-corrected chi connectivity index (χ2v) is 6.35. The van der Waals surface area contributed by atoms with Gasteiger partial charge in [0.15, 0.2) is 0 Å². The number of carbonyl (C=O) groups is 2. The van der Waals surface area contributed by atoms with Crippen molar-refractivity contribution in [3.05, 3.63) is 71.1 Å². The third-order valence-corrected chi connectivity index (χ3v) is 4.97. The summed E-state index contributed by atoms with van der Waals surface area (Å²) in [5, 5.41) is 19.7. The highest BCUT2D eigenvalue weighted by Gasteiger charge is 2.38. The Morgan fingerprint density at radius 3 is 2.00 bits per heavy atom. The number of benzene rings is 1. The van der Waals surface area contributed by atoms with E-state index in [1.54, 1.807) is 49.6 Å². The molecule has 0 spiro atoms. The summed E-state index contributed by atoms with van der Waals surface area (Å²) in [4.78, 5) is 29.8. The van der Waals surface area contributed by atoms with Crippen LogP contribution >= 0.6 is 0 Å². The van der Waals surface area contributed by atoms with Crippen molar-refractivity contribution >= 4 is 11.9 Å². The Hall–Kier alpha value is -3.35. The molecule has 0 fully saturated rings. The summed E-state index contributed by atoms with van der Waals surface area (Å²) in [6.45, 7) is 5.81. The maximum atomic E-state index is 12.0. The van der Waals surface area contributed by atoms with Crippen molar-refractivity contribution in [2.75, 3.05) is 6.54 Å². The van der Waals surface area contributed by atoms with Crippen molar-refractivity contribution < 1.29 is 19.8 Å². The normalized spacial score (nSPS) is 15.4. The molecule has 27 heavy (non-hydrogen) atoms. The maximum Gasteiger partial charge on any atom is 0.334 e. The lowest BCUT2D eigenvalue weighted by Gasteiger charge is -2.36. The Balaban J connectivity index is 2.16. The average molecular weight is 367 g/mol. The van der Waals surface area contributed by atoms with Crippen LogP contribution in [0.3, 0.4) is 0 Å². The van der Waals surface area contributed by atoms with Gasteiger partial charge >= 0.3 is 11.9 Å². The molecule has 0 aliphatic carbocycles. The first-order valence-corrected chi connectivity index (χ1v) is 8.60. The molecule has 7 nitrogen and oxygen atoms in total. The second-order valence-electron chi connectivity index (χ2n) is 6.35. The summed E-state index contributed by atoms with van der Waals surface area (Å²) in [6, 6.07) is 7.20. The molecule has 140 valence electrons. The van der Waals surface area contributed by atoms with E-state index in [2.05, 4.69) is 4.98 Å². The number of carboxylic acid groups (broad SMARTS) is 2. The van der Waals surface area contributed by atoms with Crippen molar-refractivity contribution in [3.8, 4) is 5.69 Å². The summed E-state index contributed by atoms with van der Waals surface area (Å²) < 4.78 is 1.82. The molecule has 1 aliphatic heterocycles. The molecule has 0 saturated carbocycles. The van der Waals surface area contributed by atoms with Crippen LogP contribution in [0.15, 0.2) is 65.5 Å². The number of hydrogen-bond acceptors (Lipinski definition) is 4. The summed E-state index contributed by atoms with van der Waals surface area (Å²) in [5.74, 6) is -3.05. The van der Waals surface area contributed by atoms with Gasteiger partial charge in [0.1, 0.15) is 0 Å². The van der Waals surface area contributed by atoms with Crippen LogP contribution in [0.5, 0.6) is 0 Å². The van der Waals surface area contributed by atoms with Crippen molar-refractivity contribution in [1.29, 1.82) is 0 Å². The zero-order valence-electron chi connectivity index (χ0n) is 15.4. The monoisotopic (exact) mass is 367 g/mol. The Labute approximate surface area is 156 Å². The molecule has 0 bridgehead atoms. The maximum absolute atomic E-state index is 12.0. The number of aliphatic carboxylic acids is 2. The van der Waals surface area contributed by atoms with Crippen LogP contribution in [0.2, 0.25) is 0 Å². The van der Waals surface area contributed by atoms with Gasteiger partial charge in [-0.15, -0.1) is 0 Å². The molecule has 0 saturated heterocycles. The van der Waals surface area contributed by atoms with Gasteiger partial charge in [0.05, 0.1) is 23.4 Å². The summed E-state index contributed by atoms with van der Waals surface area (Å²) >= 11 is 0. The third-order valence-electron chi connectivity index (χ3n) is 4.97. The van der Waals surface area contributed by atoms with E-state index in [9.17, 15) is 19.8 Å². The first-order chi connectivity index (χ1) is 12.9. The van der Waals surface area contributed by atoms with Gasteiger partial charge < -0.3 is 19.7 Å². The molecule has 0 atom stereocenters. The van der Waals surface area contributed by atoms with E-state index >= 15 is 0 Å². The molecule has 0 radical (unpaired) electrons. The summed E-state index contributed by atoms with van der Waals surface area (Å²) in [5.41, 5.74) is 2.80. The number of carboxylic acids is 2. The van der Waals surface area contributed by atoms with Crippen molar-refractivity contribution in [3.63, 3.8) is 0 Å². The van der Waals surface area contributed by atoms with Gasteiger partial charge in [0, 0.05) is 36.0 Å². The smallest absolute Gasteiger partial charge is 0.334 e. The molecule has 2 aromatic rings. The van der Waals surface area contributed by atoms with E-state index in [4.69, 9.17) is 0 Å². The standard InChI is InChI=1S/C20H21N3O4/c1-4-23-12(2)16(19(24)25)18(17(13(23)3)20(26)27)14-5-7-15(8-6-14)22-10-9-21-11-22/h5-11,18H,4H2,1-3H3,(H,24,25)(H,26,27). The lowest BCUT2D eigenvalue weighted by Crippen LogP contribution is -2.34. The van der Waals surface area contributed by atoms with Gasteiger partial charge in [-0.2, -0.15) is 0 Å². The van der Waals surface area contributed by atoms with Crippen LogP contribution in [0.1, 0.15) is 32.3 Å². The molecule has 3 rings (SSSR count). The highest BCUT2D eigenvalue weighted by molar-refractivity contribution is 5.98. The molecule has 7 heteroatoms. The van der Waals surface area contributed by atoms with Crippen LogP contribution < -0.4 is 0 Å². The quantitative estimate of drug-likeness (QED) is 0.843. The number of allylic oxidation sites excluding steroid dienone is 2. The van der Waals surface area contributed by atoms with Crippen LogP contribution in [-0.2, 0) is 9.59 Å². The Morgan fingerprint density at radius 2 is 1.59 bits per heavy atom. The van der Waals surface area contributed by atoms with Crippen molar-refractivity contribution in [2.45, 2.75) is 26.7 Å². The Morgan fingerprint density at radius 1 is 1.04 bits per heavy atom. The molecule has 1 aromatic heterocycles. The van der Waals surface area contributed by atoms with Crippen molar-refractivity contribution in [1.82, 2.24) is 14.5 Å². The number of imidazole rings is 1. The number of aromatic nitrogens is 2. The predicted molar refractivity (Wildman–Crippen MR) is 99.4 cm³/mol. The number of hydrogen-bond donors (Lipinski definition) is 2. The van der Waals surface area contributed by atoms with E-state index in [0.29, 0.717) is 23.5 Å². The lowest BCUT2D eigenvalue weighted by atomic mass is 9.79. The SMILES string of the molecule is CCN1C(C)=C(C(=O)O)C(c2ccc(-n3ccnc3)cc2)C(C(=O)O)=C1C. The average Bonchev–Trinajstić information content (AvgIpc) is 3.15. The second kappa shape index (κ2) is 7.11. The van der Waals surface area contributed by atoms with Crippen LogP contribution in [0.4, 0.5) is 0 Å². The topological polar surface area (TPSA) is 95.7 Å². The fraction of sp³-hybridized carbons (Fsp3) is 0.250. The van der Waals surface area contributed by atoms with Gasteiger partial charge in [-0.3, -0.25) is 0 Å². The van der Waals surface area contributed by atoms with E-state index < -0.39 is 17.9 Å². The molecule has 2 N–H and O–H groups in total. The molecule has 1 aliphatic rings. The van der Waals surface area contributed by atoms with E-state index in [-0.39, 0.29) is 11.1 Å². The molecule has 2 heterocycles. The Kier molecular flexibility index (Phi) is 4.85. The van der Waals surface area contributed by atoms with Crippen LogP contribution in [-0.4, -0.2) is 43.1 Å².